The largest absolute Gasteiger partial charge is 0.495 e. The number of methoxy groups -OCH3 is 1. The van der Waals surface area contributed by atoms with Gasteiger partial charge in [-0.2, -0.15) is 15.0 Å². The van der Waals surface area contributed by atoms with Crippen molar-refractivity contribution in [1.82, 2.24) is 19.5 Å². The number of aromatic nitrogens is 4. The van der Waals surface area contributed by atoms with Crippen molar-refractivity contribution in [3.05, 3.63) is 77.3 Å². The van der Waals surface area contributed by atoms with Crippen LogP contribution >= 0.6 is 0 Å². The van der Waals surface area contributed by atoms with Gasteiger partial charge in [0.2, 0.25) is 11.9 Å². The summed E-state index contributed by atoms with van der Waals surface area (Å²) in [6.45, 7) is 4.16. The van der Waals surface area contributed by atoms with E-state index in [0.717, 1.165) is 17.1 Å². The average Bonchev–Trinajstić information content (AvgIpc) is 3.41. The highest BCUT2D eigenvalue weighted by Gasteiger charge is 2.18. The minimum absolute atomic E-state index is 0.00470. The second-order valence-electron chi connectivity index (χ2n) is 7.29. The number of para-hydroxylation sites is 2. The Bertz CT molecular complexity index is 1270. The van der Waals surface area contributed by atoms with Crippen LogP contribution in [0.3, 0.4) is 0 Å². The molecule has 10 heteroatoms. The third kappa shape index (κ3) is 4.95. The highest BCUT2D eigenvalue weighted by Crippen LogP contribution is 2.26. The van der Waals surface area contributed by atoms with Gasteiger partial charge in [-0.15, -0.1) is 0 Å². The standard InChI is InChI=1S/C23H24N6O4/c1-14-11-17(15(2)29(14)12-16-7-6-10-32-16)21(30)33-13-20-26-22(24)28-23(27-20)25-18-8-4-5-9-19(18)31-3/h4-11H,12-13H2,1-3H3,(H3,24,25,26,27,28). The van der Waals surface area contributed by atoms with E-state index in [4.69, 9.17) is 19.6 Å². The van der Waals surface area contributed by atoms with E-state index in [1.165, 1.54) is 0 Å². The summed E-state index contributed by atoms with van der Waals surface area (Å²) in [5, 5.41) is 3.04. The Labute approximate surface area is 190 Å². The van der Waals surface area contributed by atoms with E-state index in [2.05, 4.69) is 20.3 Å². The van der Waals surface area contributed by atoms with Crippen molar-refractivity contribution in [3.63, 3.8) is 0 Å². The average molecular weight is 448 g/mol. The summed E-state index contributed by atoms with van der Waals surface area (Å²) in [4.78, 5) is 25.2. The molecule has 10 nitrogen and oxygen atoms in total. The Morgan fingerprint density at radius 1 is 1.15 bits per heavy atom. The minimum atomic E-state index is -0.480. The molecular weight excluding hydrogens is 424 g/mol. The summed E-state index contributed by atoms with van der Waals surface area (Å²) in [6.07, 6.45) is 1.62. The number of nitrogens with one attached hydrogen (secondary N) is 1. The zero-order valence-electron chi connectivity index (χ0n) is 18.5. The SMILES string of the molecule is COc1ccccc1Nc1nc(N)nc(COC(=O)c2cc(C)n(Cc3ccco3)c2C)n1. The molecule has 4 aromatic rings. The van der Waals surface area contributed by atoms with Gasteiger partial charge < -0.3 is 29.5 Å². The number of rotatable bonds is 8. The van der Waals surface area contributed by atoms with Crippen LogP contribution in [-0.4, -0.2) is 32.6 Å². The van der Waals surface area contributed by atoms with Crippen molar-refractivity contribution >= 4 is 23.6 Å². The maximum Gasteiger partial charge on any atom is 0.340 e. The minimum Gasteiger partial charge on any atom is -0.495 e. The first-order valence-corrected chi connectivity index (χ1v) is 10.2. The summed E-state index contributed by atoms with van der Waals surface area (Å²) in [5.41, 5.74) is 8.66. The van der Waals surface area contributed by atoms with E-state index < -0.39 is 5.97 Å². The second-order valence-corrected chi connectivity index (χ2v) is 7.29. The number of carbonyl (C=O) groups excluding carboxylic acids is 1. The number of furan rings is 1. The summed E-state index contributed by atoms with van der Waals surface area (Å²) in [6, 6.07) is 12.8. The highest BCUT2D eigenvalue weighted by molar-refractivity contribution is 5.91. The zero-order valence-corrected chi connectivity index (χ0v) is 18.5. The van der Waals surface area contributed by atoms with E-state index in [1.807, 2.05) is 48.7 Å². The molecule has 0 spiro atoms. The molecule has 0 unspecified atom stereocenters. The predicted molar refractivity (Wildman–Crippen MR) is 121 cm³/mol. The van der Waals surface area contributed by atoms with Gasteiger partial charge in [0.05, 0.1) is 31.2 Å². The number of hydrogen-bond donors (Lipinski definition) is 2. The quantitative estimate of drug-likeness (QED) is 0.388. The molecule has 33 heavy (non-hydrogen) atoms. The number of nitrogens with zero attached hydrogens (tertiary/aromatic N) is 4. The molecule has 0 aliphatic rings. The number of anilines is 3. The number of ether oxygens (including phenoxy) is 2. The van der Waals surface area contributed by atoms with Crippen molar-refractivity contribution in [1.29, 1.82) is 0 Å². The van der Waals surface area contributed by atoms with Crippen LogP contribution in [0.2, 0.25) is 0 Å². The third-order valence-electron chi connectivity index (χ3n) is 5.07. The van der Waals surface area contributed by atoms with Crippen molar-refractivity contribution in [3.8, 4) is 5.75 Å². The first-order chi connectivity index (χ1) is 15.9. The van der Waals surface area contributed by atoms with Gasteiger partial charge in [0.15, 0.2) is 12.4 Å². The van der Waals surface area contributed by atoms with Crippen LogP contribution in [0.5, 0.6) is 5.75 Å². The van der Waals surface area contributed by atoms with Crippen LogP contribution in [-0.2, 0) is 17.9 Å². The molecule has 0 fully saturated rings. The maximum absolute atomic E-state index is 12.8. The summed E-state index contributed by atoms with van der Waals surface area (Å²) in [5.74, 6) is 1.38. The summed E-state index contributed by atoms with van der Waals surface area (Å²) >= 11 is 0. The molecule has 0 aliphatic heterocycles. The van der Waals surface area contributed by atoms with Crippen molar-refractivity contribution in [2.75, 3.05) is 18.2 Å². The van der Waals surface area contributed by atoms with Gasteiger partial charge in [0, 0.05) is 11.4 Å². The van der Waals surface area contributed by atoms with Crippen LogP contribution in [0.4, 0.5) is 17.6 Å². The molecule has 4 rings (SSSR count). The molecule has 0 amide bonds. The van der Waals surface area contributed by atoms with Crippen LogP contribution in [0.25, 0.3) is 0 Å². The molecule has 3 heterocycles. The first-order valence-electron chi connectivity index (χ1n) is 10.2. The van der Waals surface area contributed by atoms with E-state index in [1.54, 1.807) is 25.5 Å². The molecular formula is C23H24N6O4. The Kier molecular flexibility index (Phi) is 6.25. The van der Waals surface area contributed by atoms with Crippen molar-refractivity contribution < 1.29 is 18.7 Å². The van der Waals surface area contributed by atoms with Crippen LogP contribution in [0.15, 0.2) is 53.1 Å². The molecule has 3 N–H and O–H groups in total. The van der Waals surface area contributed by atoms with Crippen LogP contribution < -0.4 is 15.8 Å². The molecule has 0 saturated carbocycles. The number of benzene rings is 1. The molecule has 0 radical (unpaired) electrons. The van der Waals surface area contributed by atoms with E-state index in [0.29, 0.717) is 23.5 Å². The topological polar surface area (TPSA) is 130 Å². The summed E-state index contributed by atoms with van der Waals surface area (Å²) in [7, 11) is 1.57. The number of carbonyl (C=O) groups is 1. The molecule has 170 valence electrons. The fourth-order valence-corrected chi connectivity index (χ4v) is 3.44. The monoisotopic (exact) mass is 448 g/mol. The molecule has 0 saturated heterocycles. The van der Waals surface area contributed by atoms with Gasteiger partial charge >= 0.3 is 5.97 Å². The number of esters is 1. The smallest absolute Gasteiger partial charge is 0.340 e. The molecule has 0 atom stereocenters. The Balaban J connectivity index is 1.46. The Morgan fingerprint density at radius 3 is 2.73 bits per heavy atom. The molecule has 1 aromatic carbocycles. The molecule has 3 aromatic heterocycles. The van der Waals surface area contributed by atoms with Crippen molar-refractivity contribution in [2.45, 2.75) is 27.0 Å². The second kappa shape index (κ2) is 9.43. The molecule has 0 aliphatic carbocycles. The van der Waals surface area contributed by atoms with E-state index in [-0.39, 0.29) is 24.3 Å². The van der Waals surface area contributed by atoms with Gasteiger partial charge in [0.1, 0.15) is 11.5 Å². The van der Waals surface area contributed by atoms with Crippen LogP contribution in [0.1, 0.15) is 33.3 Å². The van der Waals surface area contributed by atoms with E-state index in [9.17, 15) is 4.79 Å². The number of nitrogen functional groups attached to an aromatic ring is 1. The van der Waals surface area contributed by atoms with Crippen molar-refractivity contribution in [2.24, 2.45) is 0 Å². The Hall–Kier alpha value is -4.34. The lowest BCUT2D eigenvalue weighted by atomic mass is 10.2. The lowest BCUT2D eigenvalue weighted by Crippen LogP contribution is -2.12. The number of nitrogens with two attached hydrogens (primary N) is 1. The number of hydrogen-bond acceptors (Lipinski definition) is 9. The molecule has 0 bridgehead atoms. The Morgan fingerprint density at radius 2 is 1.97 bits per heavy atom. The number of aryl methyl sites for hydroxylation is 1. The van der Waals surface area contributed by atoms with Gasteiger partial charge in [-0.05, 0) is 44.2 Å². The van der Waals surface area contributed by atoms with Gasteiger partial charge in [0.25, 0.3) is 0 Å². The summed E-state index contributed by atoms with van der Waals surface area (Å²) < 4.78 is 18.2. The van der Waals surface area contributed by atoms with Gasteiger partial charge in [-0.3, -0.25) is 0 Å². The predicted octanol–water partition coefficient (Wildman–Crippen LogP) is 3.62. The normalized spacial score (nSPS) is 10.8. The first kappa shape index (κ1) is 21.9. The maximum atomic E-state index is 12.8. The third-order valence-corrected chi connectivity index (χ3v) is 5.07. The lowest BCUT2D eigenvalue weighted by molar-refractivity contribution is 0.0461. The van der Waals surface area contributed by atoms with Gasteiger partial charge in [-0.1, -0.05) is 12.1 Å². The van der Waals surface area contributed by atoms with Crippen LogP contribution in [0, 0.1) is 13.8 Å². The van der Waals surface area contributed by atoms with E-state index >= 15 is 0 Å². The lowest BCUT2D eigenvalue weighted by Gasteiger charge is -2.11. The zero-order chi connectivity index (χ0) is 23.4. The highest BCUT2D eigenvalue weighted by atomic mass is 16.5. The fourth-order valence-electron chi connectivity index (χ4n) is 3.44. The fraction of sp³-hybridized carbons (Fsp3) is 0.217. The van der Waals surface area contributed by atoms with Gasteiger partial charge in [-0.25, -0.2) is 4.79 Å².